The molecular formula is C13H17ClN2O2. The molecule has 0 aliphatic rings. The predicted octanol–water partition coefficient (Wildman–Crippen LogP) is 2.22. The van der Waals surface area contributed by atoms with E-state index < -0.39 is 6.10 Å². The number of halogens is 1. The van der Waals surface area contributed by atoms with Crippen molar-refractivity contribution in [3.05, 3.63) is 33.2 Å². The Morgan fingerprint density at radius 3 is 2.17 bits per heavy atom. The molecule has 0 saturated carbocycles. The third-order valence-corrected chi connectivity index (χ3v) is 3.67. The Kier molecular flexibility index (Phi) is 3.25. The third-order valence-electron chi connectivity index (χ3n) is 3.34. The zero-order valence-corrected chi connectivity index (χ0v) is 11.7. The van der Waals surface area contributed by atoms with Gasteiger partial charge in [0.25, 0.3) is 0 Å². The number of aliphatic hydroxyl groups excluding tert-OH is 1. The van der Waals surface area contributed by atoms with Crippen molar-refractivity contribution in [3.8, 4) is 0 Å². The van der Waals surface area contributed by atoms with Crippen molar-refractivity contribution in [1.82, 2.24) is 9.13 Å². The van der Waals surface area contributed by atoms with E-state index >= 15 is 0 Å². The number of imidazole rings is 1. The molecule has 0 spiro atoms. The lowest BCUT2D eigenvalue weighted by Crippen LogP contribution is -2.19. The van der Waals surface area contributed by atoms with Gasteiger partial charge in [-0.05, 0) is 18.1 Å². The zero-order chi connectivity index (χ0) is 13.6. The molecule has 1 aromatic heterocycles. The van der Waals surface area contributed by atoms with Crippen LogP contribution in [0.1, 0.15) is 25.5 Å². The van der Waals surface area contributed by atoms with Gasteiger partial charge in [0, 0.05) is 24.7 Å². The minimum atomic E-state index is -0.628. The molecule has 1 heterocycles. The van der Waals surface area contributed by atoms with Crippen LogP contribution in [-0.2, 0) is 14.1 Å². The summed E-state index contributed by atoms with van der Waals surface area (Å²) in [4.78, 5) is 11.8. The van der Waals surface area contributed by atoms with Crippen LogP contribution < -0.4 is 5.69 Å². The molecule has 98 valence electrons. The molecule has 1 unspecified atom stereocenters. The molecule has 2 rings (SSSR count). The zero-order valence-electron chi connectivity index (χ0n) is 10.9. The molecular weight excluding hydrogens is 252 g/mol. The molecule has 0 bridgehead atoms. The molecule has 4 nitrogen and oxygen atoms in total. The highest BCUT2D eigenvalue weighted by Gasteiger charge is 2.18. The quantitative estimate of drug-likeness (QED) is 0.908. The minimum absolute atomic E-state index is 0.0701. The van der Waals surface area contributed by atoms with Gasteiger partial charge in [0.15, 0.2) is 0 Å². The van der Waals surface area contributed by atoms with Crippen molar-refractivity contribution in [2.24, 2.45) is 20.0 Å². The van der Waals surface area contributed by atoms with Crippen LogP contribution in [0.15, 0.2) is 16.9 Å². The Morgan fingerprint density at radius 2 is 1.67 bits per heavy atom. The molecule has 0 aliphatic carbocycles. The fraction of sp³-hybridized carbons (Fsp3) is 0.462. The van der Waals surface area contributed by atoms with Crippen LogP contribution in [0.4, 0.5) is 0 Å². The molecule has 0 amide bonds. The Balaban J connectivity index is 2.77. The predicted molar refractivity (Wildman–Crippen MR) is 73.0 cm³/mol. The van der Waals surface area contributed by atoms with Crippen molar-refractivity contribution < 1.29 is 5.11 Å². The van der Waals surface area contributed by atoms with Crippen LogP contribution in [0.2, 0.25) is 5.02 Å². The highest BCUT2D eigenvalue weighted by Crippen LogP contribution is 2.31. The van der Waals surface area contributed by atoms with Gasteiger partial charge in [-0.25, -0.2) is 4.79 Å². The van der Waals surface area contributed by atoms with E-state index in [1.807, 2.05) is 13.8 Å². The average molecular weight is 269 g/mol. The average Bonchev–Trinajstić information content (AvgIpc) is 2.53. The summed E-state index contributed by atoms with van der Waals surface area (Å²) in [6, 6.07) is 3.53. The number of hydrogen-bond donors (Lipinski definition) is 1. The highest BCUT2D eigenvalue weighted by molar-refractivity contribution is 6.32. The molecule has 2 aromatic rings. The molecule has 5 heteroatoms. The Hall–Kier alpha value is -1.26. The summed E-state index contributed by atoms with van der Waals surface area (Å²) in [5.74, 6) is 0.0701. The van der Waals surface area contributed by atoms with Crippen LogP contribution in [0.25, 0.3) is 11.0 Å². The van der Waals surface area contributed by atoms with Crippen molar-refractivity contribution in [2.75, 3.05) is 0 Å². The maximum atomic E-state index is 11.8. The Labute approximate surface area is 110 Å². The van der Waals surface area contributed by atoms with E-state index in [4.69, 9.17) is 11.6 Å². The van der Waals surface area contributed by atoms with Crippen molar-refractivity contribution >= 4 is 22.6 Å². The number of aliphatic hydroxyl groups is 1. The fourth-order valence-electron chi connectivity index (χ4n) is 2.12. The first-order valence-electron chi connectivity index (χ1n) is 5.87. The SMILES string of the molecule is CC(C)C(O)c1cc2c(cc1Cl)n(C)c(=O)n2C. The van der Waals surface area contributed by atoms with Gasteiger partial charge in [0.05, 0.1) is 17.1 Å². The molecule has 1 N–H and O–H groups in total. The lowest BCUT2D eigenvalue weighted by molar-refractivity contribution is 0.127. The second kappa shape index (κ2) is 4.44. The number of nitrogens with zero attached hydrogens (tertiary/aromatic N) is 2. The molecule has 1 atom stereocenters. The molecule has 0 fully saturated rings. The number of rotatable bonds is 2. The molecule has 18 heavy (non-hydrogen) atoms. The Bertz CT molecular complexity index is 655. The molecule has 0 saturated heterocycles. The van der Waals surface area contributed by atoms with E-state index in [0.717, 1.165) is 11.0 Å². The molecule has 1 aromatic carbocycles. The van der Waals surface area contributed by atoms with E-state index in [2.05, 4.69) is 0 Å². The number of hydrogen-bond acceptors (Lipinski definition) is 2. The van der Waals surface area contributed by atoms with Crippen molar-refractivity contribution in [2.45, 2.75) is 20.0 Å². The van der Waals surface area contributed by atoms with Gasteiger partial charge < -0.3 is 5.11 Å². The van der Waals surface area contributed by atoms with E-state index in [-0.39, 0.29) is 11.6 Å². The number of fused-ring (bicyclic) bond motifs is 1. The largest absolute Gasteiger partial charge is 0.388 e. The first kappa shape index (κ1) is 13.2. The van der Waals surface area contributed by atoms with Crippen LogP contribution >= 0.6 is 11.6 Å². The maximum absolute atomic E-state index is 11.8. The molecule has 0 radical (unpaired) electrons. The van der Waals surface area contributed by atoms with Crippen molar-refractivity contribution in [1.29, 1.82) is 0 Å². The van der Waals surface area contributed by atoms with Gasteiger partial charge in [-0.15, -0.1) is 0 Å². The van der Waals surface area contributed by atoms with Gasteiger partial charge >= 0.3 is 5.69 Å². The third kappa shape index (κ3) is 1.85. The lowest BCUT2D eigenvalue weighted by atomic mass is 9.98. The second-order valence-corrected chi connectivity index (χ2v) is 5.36. The fourth-order valence-corrected chi connectivity index (χ4v) is 2.39. The van der Waals surface area contributed by atoms with Gasteiger partial charge in [-0.3, -0.25) is 9.13 Å². The highest BCUT2D eigenvalue weighted by atomic mass is 35.5. The second-order valence-electron chi connectivity index (χ2n) is 4.95. The minimum Gasteiger partial charge on any atom is -0.388 e. The topological polar surface area (TPSA) is 47.2 Å². The standard InChI is InChI=1S/C13H17ClN2O2/c1-7(2)12(17)8-5-10-11(6-9(8)14)16(4)13(18)15(10)3/h5-7,12,17H,1-4H3. The van der Waals surface area contributed by atoms with Crippen LogP contribution in [-0.4, -0.2) is 14.2 Å². The summed E-state index contributed by atoms with van der Waals surface area (Å²) in [5.41, 5.74) is 2.12. The monoisotopic (exact) mass is 268 g/mol. The number of benzene rings is 1. The van der Waals surface area contributed by atoms with E-state index in [1.165, 1.54) is 0 Å². The smallest absolute Gasteiger partial charge is 0.328 e. The summed E-state index contributed by atoms with van der Waals surface area (Å²) in [7, 11) is 3.42. The summed E-state index contributed by atoms with van der Waals surface area (Å²) in [5, 5.41) is 10.6. The maximum Gasteiger partial charge on any atom is 0.328 e. The van der Waals surface area contributed by atoms with Gasteiger partial charge in [-0.2, -0.15) is 0 Å². The van der Waals surface area contributed by atoms with E-state index in [1.54, 1.807) is 35.4 Å². The van der Waals surface area contributed by atoms with Gasteiger partial charge in [0.2, 0.25) is 0 Å². The number of aromatic nitrogens is 2. The summed E-state index contributed by atoms with van der Waals surface area (Å²) in [6.07, 6.45) is -0.628. The van der Waals surface area contributed by atoms with Gasteiger partial charge in [-0.1, -0.05) is 25.4 Å². The summed E-state index contributed by atoms with van der Waals surface area (Å²) in [6.45, 7) is 3.85. The van der Waals surface area contributed by atoms with E-state index in [9.17, 15) is 9.90 Å². The van der Waals surface area contributed by atoms with Crippen LogP contribution in [0.5, 0.6) is 0 Å². The lowest BCUT2D eigenvalue weighted by Gasteiger charge is -2.16. The Morgan fingerprint density at radius 1 is 1.17 bits per heavy atom. The first-order valence-corrected chi connectivity index (χ1v) is 6.25. The van der Waals surface area contributed by atoms with Crippen LogP contribution in [0.3, 0.4) is 0 Å². The summed E-state index contributed by atoms with van der Waals surface area (Å²) >= 11 is 6.19. The first-order chi connectivity index (χ1) is 8.34. The molecule has 0 aliphatic heterocycles. The van der Waals surface area contributed by atoms with Gasteiger partial charge in [0.1, 0.15) is 0 Å². The van der Waals surface area contributed by atoms with E-state index in [0.29, 0.717) is 10.6 Å². The van der Waals surface area contributed by atoms with Crippen molar-refractivity contribution in [3.63, 3.8) is 0 Å². The normalized spacial score (nSPS) is 13.5. The number of aryl methyl sites for hydroxylation is 2. The summed E-state index contributed by atoms with van der Waals surface area (Å²) < 4.78 is 3.11. The van der Waals surface area contributed by atoms with Crippen LogP contribution in [0, 0.1) is 5.92 Å².